The molecule has 0 saturated heterocycles. The molecule has 0 bridgehead atoms. The Hall–Kier alpha value is -3.87. The minimum atomic E-state index is -0.204. The predicted molar refractivity (Wildman–Crippen MR) is 117 cm³/mol. The van der Waals surface area contributed by atoms with Crippen molar-refractivity contribution in [3.8, 4) is 22.6 Å². The molecule has 0 saturated carbocycles. The molecule has 7 nitrogen and oxygen atoms in total. The van der Waals surface area contributed by atoms with Crippen LogP contribution in [-0.4, -0.2) is 26.0 Å². The molecule has 1 N–H and O–H groups in total. The van der Waals surface area contributed by atoms with Gasteiger partial charge in [-0.25, -0.2) is 9.97 Å². The van der Waals surface area contributed by atoms with Crippen molar-refractivity contribution in [2.45, 2.75) is 33.2 Å². The minimum absolute atomic E-state index is 0.199. The van der Waals surface area contributed by atoms with Crippen LogP contribution in [0.1, 0.15) is 47.3 Å². The summed E-state index contributed by atoms with van der Waals surface area (Å²) >= 11 is 0. The smallest absolute Gasteiger partial charge is 0.270 e. The number of nitrogens with one attached hydrogen (secondary N) is 1. The fraction of sp³-hybridized carbons (Fsp3) is 0.208. The number of hydrogen-bond donors (Lipinski definition) is 1. The van der Waals surface area contributed by atoms with Crippen LogP contribution >= 0.6 is 0 Å². The Kier molecular flexibility index (Phi) is 5.84. The van der Waals surface area contributed by atoms with Crippen LogP contribution in [0.2, 0.25) is 0 Å². The second-order valence-corrected chi connectivity index (χ2v) is 7.57. The Labute approximate surface area is 180 Å². The molecule has 4 aromatic rings. The third kappa shape index (κ3) is 4.66. The van der Waals surface area contributed by atoms with Crippen molar-refractivity contribution in [1.82, 2.24) is 25.4 Å². The van der Waals surface area contributed by atoms with E-state index in [1.54, 1.807) is 30.6 Å². The number of pyridine rings is 1. The zero-order valence-electron chi connectivity index (χ0n) is 17.7. The van der Waals surface area contributed by atoms with E-state index < -0.39 is 0 Å². The lowest BCUT2D eigenvalue weighted by Crippen LogP contribution is -2.23. The highest BCUT2D eigenvalue weighted by Gasteiger charge is 2.16. The molecular formula is C24H23N5O2. The van der Waals surface area contributed by atoms with E-state index in [9.17, 15) is 4.79 Å². The molecule has 0 spiro atoms. The lowest BCUT2D eigenvalue weighted by molar-refractivity contribution is 0.0946. The first kappa shape index (κ1) is 20.4. The molecule has 3 heterocycles. The van der Waals surface area contributed by atoms with Gasteiger partial charge in [0.25, 0.3) is 5.91 Å². The number of aryl methyl sites for hydroxylation is 1. The number of aromatic nitrogens is 4. The first-order chi connectivity index (χ1) is 15.0. The van der Waals surface area contributed by atoms with Crippen molar-refractivity contribution in [1.29, 1.82) is 0 Å². The van der Waals surface area contributed by atoms with E-state index in [1.165, 1.54) is 0 Å². The maximum atomic E-state index is 12.2. The molecule has 7 heteroatoms. The van der Waals surface area contributed by atoms with Crippen molar-refractivity contribution in [3.05, 3.63) is 83.7 Å². The van der Waals surface area contributed by atoms with Crippen LogP contribution < -0.4 is 5.32 Å². The summed E-state index contributed by atoms with van der Waals surface area (Å²) in [6.07, 6.45) is 3.39. The highest BCUT2D eigenvalue weighted by molar-refractivity contribution is 5.92. The van der Waals surface area contributed by atoms with Crippen molar-refractivity contribution in [3.63, 3.8) is 0 Å². The zero-order chi connectivity index (χ0) is 21.8. The molecule has 0 aliphatic heterocycles. The molecule has 0 radical (unpaired) electrons. The standard InChI is InChI=1S/C24H23N5O2/c1-15(2)23-26-14-19(21-12-16(3)29-31-21)22(28-23)18-9-7-17(8-10-18)13-27-24(30)20-6-4-5-11-25-20/h4-12,14-15H,13H2,1-3H3,(H,27,30). The Morgan fingerprint density at radius 1 is 1.10 bits per heavy atom. The van der Waals surface area contributed by atoms with E-state index in [0.29, 0.717) is 18.0 Å². The molecule has 156 valence electrons. The molecule has 0 aliphatic carbocycles. The van der Waals surface area contributed by atoms with Gasteiger partial charge in [0.15, 0.2) is 5.76 Å². The van der Waals surface area contributed by atoms with Gasteiger partial charge < -0.3 is 9.84 Å². The summed E-state index contributed by atoms with van der Waals surface area (Å²) in [5, 5.41) is 6.88. The molecule has 1 amide bonds. The summed E-state index contributed by atoms with van der Waals surface area (Å²) in [6, 6.07) is 15.1. The van der Waals surface area contributed by atoms with Gasteiger partial charge in [-0.3, -0.25) is 9.78 Å². The summed E-state index contributed by atoms with van der Waals surface area (Å²) < 4.78 is 5.46. The Bertz CT molecular complexity index is 1180. The van der Waals surface area contributed by atoms with Crippen LogP contribution in [-0.2, 0) is 6.54 Å². The van der Waals surface area contributed by atoms with Crippen LogP contribution in [0.5, 0.6) is 0 Å². The van der Waals surface area contributed by atoms with Gasteiger partial charge in [-0.05, 0) is 24.6 Å². The Morgan fingerprint density at radius 2 is 1.90 bits per heavy atom. The van der Waals surface area contributed by atoms with E-state index in [0.717, 1.165) is 33.9 Å². The Balaban J connectivity index is 1.58. The molecule has 0 atom stereocenters. The normalized spacial score (nSPS) is 11.0. The van der Waals surface area contributed by atoms with Gasteiger partial charge in [0.05, 0.1) is 17.0 Å². The van der Waals surface area contributed by atoms with E-state index in [4.69, 9.17) is 9.51 Å². The lowest BCUT2D eigenvalue weighted by Gasteiger charge is -2.11. The second-order valence-electron chi connectivity index (χ2n) is 7.57. The molecule has 0 unspecified atom stereocenters. The van der Waals surface area contributed by atoms with E-state index >= 15 is 0 Å². The van der Waals surface area contributed by atoms with E-state index in [2.05, 4.69) is 34.3 Å². The molecule has 4 rings (SSSR count). The van der Waals surface area contributed by atoms with Crippen molar-refractivity contribution >= 4 is 5.91 Å². The van der Waals surface area contributed by atoms with Gasteiger partial charge in [-0.2, -0.15) is 0 Å². The molecule has 3 aromatic heterocycles. The fourth-order valence-corrected chi connectivity index (χ4v) is 3.11. The molecule has 31 heavy (non-hydrogen) atoms. The fourth-order valence-electron chi connectivity index (χ4n) is 3.11. The van der Waals surface area contributed by atoms with Gasteiger partial charge >= 0.3 is 0 Å². The van der Waals surface area contributed by atoms with Crippen LogP contribution in [0.3, 0.4) is 0 Å². The van der Waals surface area contributed by atoms with Gasteiger partial charge in [-0.15, -0.1) is 0 Å². The topological polar surface area (TPSA) is 93.8 Å². The van der Waals surface area contributed by atoms with Crippen molar-refractivity contribution in [2.24, 2.45) is 0 Å². The van der Waals surface area contributed by atoms with Crippen LogP contribution in [0.4, 0.5) is 0 Å². The summed E-state index contributed by atoms with van der Waals surface area (Å²) in [6.45, 7) is 6.41. The maximum absolute atomic E-state index is 12.2. The number of hydrogen-bond acceptors (Lipinski definition) is 6. The summed E-state index contributed by atoms with van der Waals surface area (Å²) in [5.41, 5.74) is 4.69. The quantitative estimate of drug-likeness (QED) is 0.498. The molecule has 0 aliphatic rings. The first-order valence-corrected chi connectivity index (χ1v) is 10.1. The van der Waals surface area contributed by atoms with Gasteiger partial charge in [-0.1, -0.05) is 49.3 Å². The predicted octanol–water partition coefficient (Wildman–Crippen LogP) is 4.56. The van der Waals surface area contributed by atoms with Gasteiger partial charge in [0.2, 0.25) is 0 Å². The van der Waals surface area contributed by atoms with E-state index in [-0.39, 0.29) is 11.8 Å². The van der Waals surface area contributed by atoms with Crippen molar-refractivity contribution in [2.75, 3.05) is 0 Å². The van der Waals surface area contributed by atoms with Crippen LogP contribution in [0.15, 0.2) is 65.4 Å². The number of benzene rings is 1. The van der Waals surface area contributed by atoms with Crippen LogP contribution in [0.25, 0.3) is 22.6 Å². The third-order valence-electron chi connectivity index (χ3n) is 4.80. The summed E-state index contributed by atoms with van der Waals surface area (Å²) in [4.78, 5) is 25.6. The van der Waals surface area contributed by atoms with E-state index in [1.807, 2.05) is 37.3 Å². The second kappa shape index (κ2) is 8.87. The van der Waals surface area contributed by atoms with Crippen LogP contribution in [0, 0.1) is 6.92 Å². The van der Waals surface area contributed by atoms with Crippen molar-refractivity contribution < 1.29 is 9.32 Å². The number of nitrogens with zero attached hydrogens (tertiary/aromatic N) is 4. The SMILES string of the molecule is Cc1cc(-c2cnc(C(C)C)nc2-c2ccc(CNC(=O)c3ccccn3)cc2)on1. The summed E-state index contributed by atoms with van der Waals surface area (Å²) in [5.74, 6) is 1.39. The number of rotatable bonds is 6. The molecule has 1 aromatic carbocycles. The number of amides is 1. The third-order valence-corrected chi connectivity index (χ3v) is 4.80. The molecular weight excluding hydrogens is 390 g/mol. The lowest BCUT2D eigenvalue weighted by atomic mass is 10.0. The molecule has 0 fully saturated rings. The highest BCUT2D eigenvalue weighted by Crippen LogP contribution is 2.31. The monoisotopic (exact) mass is 413 g/mol. The highest BCUT2D eigenvalue weighted by atomic mass is 16.5. The average molecular weight is 413 g/mol. The van der Waals surface area contributed by atoms with Gasteiger partial charge in [0, 0.05) is 36.5 Å². The number of carbonyl (C=O) groups is 1. The minimum Gasteiger partial charge on any atom is -0.356 e. The van der Waals surface area contributed by atoms with Gasteiger partial charge in [0.1, 0.15) is 11.5 Å². The Morgan fingerprint density at radius 3 is 2.55 bits per heavy atom. The maximum Gasteiger partial charge on any atom is 0.270 e. The first-order valence-electron chi connectivity index (χ1n) is 10.1. The largest absolute Gasteiger partial charge is 0.356 e. The number of carbonyl (C=O) groups excluding carboxylic acids is 1. The zero-order valence-corrected chi connectivity index (χ0v) is 17.7. The average Bonchev–Trinajstić information content (AvgIpc) is 3.24. The summed E-state index contributed by atoms with van der Waals surface area (Å²) in [7, 11) is 0.